The number of benzene rings is 3. The second-order valence-electron chi connectivity index (χ2n) is 10.2. The van der Waals surface area contributed by atoms with Crippen LogP contribution in [0.15, 0.2) is 71.6 Å². The lowest BCUT2D eigenvalue weighted by molar-refractivity contribution is -0.0436. The minimum atomic E-state index is -5.50. The number of amides is 1. The molecular formula is C28H27F3N6O4S. The van der Waals surface area contributed by atoms with Crippen molar-refractivity contribution in [2.24, 2.45) is 0 Å². The van der Waals surface area contributed by atoms with Crippen LogP contribution in [0.2, 0.25) is 0 Å². The summed E-state index contributed by atoms with van der Waals surface area (Å²) in [6.07, 6.45) is 0. The summed E-state index contributed by atoms with van der Waals surface area (Å²) in [5.41, 5.74) is 2.97. The van der Waals surface area contributed by atoms with E-state index in [1.807, 2.05) is 12.1 Å². The average Bonchev–Trinajstić information content (AvgIpc) is 2.92. The smallest absolute Gasteiger partial charge is 0.392 e. The Balaban J connectivity index is 1.60. The summed E-state index contributed by atoms with van der Waals surface area (Å²) in [4.78, 5) is 24.4. The zero-order valence-electron chi connectivity index (χ0n) is 22.7. The number of aliphatic hydroxyl groups excluding tert-OH is 1. The number of alkyl halides is 3. The second kappa shape index (κ2) is 11.4. The first-order valence-electron chi connectivity index (χ1n) is 12.4. The summed E-state index contributed by atoms with van der Waals surface area (Å²) in [5, 5.41) is 15.7. The molecule has 0 spiro atoms. The number of hydrogen-bond donors (Lipinski definition) is 4. The molecule has 0 atom stereocenters. The predicted octanol–water partition coefficient (Wildman–Crippen LogP) is 5.20. The Morgan fingerprint density at radius 2 is 1.57 bits per heavy atom. The number of nitrogen functional groups attached to an aromatic ring is 1. The van der Waals surface area contributed by atoms with E-state index >= 15 is 0 Å². The first-order valence-corrected chi connectivity index (χ1v) is 13.9. The highest BCUT2D eigenvalue weighted by molar-refractivity contribution is 7.92. The Bertz CT molecular complexity index is 1720. The van der Waals surface area contributed by atoms with Gasteiger partial charge >= 0.3 is 5.51 Å². The van der Waals surface area contributed by atoms with Gasteiger partial charge in [-0.15, -0.1) is 0 Å². The third-order valence-electron chi connectivity index (χ3n) is 6.21. The quantitative estimate of drug-likeness (QED) is 0.224. The van der Waals surface area contributed by atoms with E-state index in [-0.39, 0.29) is 28.8 Å². The molecule has 0 aliphatic rings. The second-order valence-corrected chi connectivity index (χ2v) is 12.2. The van der Waals surface area contributed by atoms with Crippen LogP contribution in [0, 0.1) is 0 Å². The molecule has 4 rings (SSSR count). The van der Waals surface area contributed by atoms with E-state index in [1.54, 1.807) is 30.3 Å². The molecule has 0 bridgehead atoms. The fourth-order valence-corrected chi connectivity index (χ4v) is 4.71. The highest BCUT2D eigenvalue weighted by Crippen LogP contribution is 2.32. The number of rotatable bonds is 7. The Morgan fingerprint density at radius 1 is 0.929 bits per heavy atom. The molecule has 0 aliphatic heterocycles. The Hall–Kier alpha value is -4.56. The Kier molecular flexibility index (Phi) is 8.23. The molecule has 10 nitrogen and oxygen atoms in total. The lowest BCUT2D eigenvalue weighted by atomic mass is 9.86. The number of nitrogens with one attached hydrogen (secondary N) is 2. The van der Waals surface area contributed by atoms with E-state index in [0.29, 0.717) is 22.4 Å². The van der Waals surface area contributed by atoms with E-state index in [9.17, 15) is 31.5 Å². The molecule has 3 aromatic carbocycles. The summed E-state index contributed by atoms with van der Waals surface area (Å²) < 4.78 is 61.7. The van der Waals surface area contributed by atoms with Gasteiger partial charge in [0.15, 0.2) is 5.82 Å². The Morgan fingerprint density at radius 3 is 2.14 bits per heavy atom. The normalized spacial score (nSPS) is 12.2. The van der Waals surface area contributed by atoms with Crippen molar-refractivity contribution in [2.45, 2.75) is 43.2 Å². The van der Waals surface area contributed by atoms with Crippen molar-refractivity contribution >= 4 is 39.0 Å². The van der Waals surface area contributed by atoms with E-state index in [2.05, 4.69) is 46.4 Å². The van der Waals surface area contributed by atoms with Gasteiger partial charge in [0.25, 0.3) is 15.7 Å². The number of hydrogen-bond acceptors (Lipinski definition) is 9. The topological polar surface area (TPSA) is 160 Å². The maximum atomic E-state index is 13.0. The van der Waals surface area contributed by atoms with Crippen molar-refractivity contribution in [1.29, 1.82) is 0 Å². The van der Waals surface area contributed by atoms with Gasteiger partial charge in [0.2, 0.25) is 11.9 Å². The fraction of sp³-hybridized carbons (Fsp3) is 0.214. The molecule has 1 amide bonds. The number of carbonyl (C=O) groups is 1. The molecule has 5 N–H and O–H groups in total. The van der Waals surface area contributed by atoms with Gasteiger partial charge in [-0.25, -0.2) is 8.42 Å². The first-order chi connectivity index (χ1) is 19.6. The zero-order chi connectivity index (χ0) is 30.9. The lowest BCUT2D eigenvalue weighted by Crippen LogP contribution is -2.23. The monoisotopic (exact) mass is 600 g/mol. The minimum Gasteiger partial charge on any atom is -0.392 e. The van der Waals surface area contributed by atoms with Gasteiger partial charge in [0, 0.05) is 28.1 Å². The maximum Gasteiger partial charge on any atom is 0.501 e. The van der Waals surface area contributed by atoms with E-state index in [4.69, 9.17) is 5.73 Å². The molecule has 42 heavy (non-hydrogen) atoms. The fourth-order valence-electron chi connectivity index (χ4n) is 3.95. The average molecular weight is 601 g/mol. The van der Waals surface area contributed by atoms with Crippen LogP contribution in [0.1, 0.15) is 42.3 Å². The van der Waals surface area contributed by atoms with Crippen molar-refractivity contribution < 1.29 is 31.5 Å². The summed E-state index contributed by atoms with van der Waals surface area (Å²) in [5.74, 6) is -0.663. The summed E-state index contributed by atoms with van der Waals surface area (Å²) in [7, 11) is -5.50. The molecule has 0 unspecified atom stereocenters. The van der Waals surface area contributed by atoms with Crippen LogP contribution >= 0.6 is 0 Å². The van der Waals surface area contributed by atoms with Crippen LogP contribution in [0.4, 0.5) is 36.4 Å². The van der Waals surface area contributed by atoms with Crippen molar-refractivity contribution in [3.8, 4) is 11.4 Å². The van der Waals surface area contributed by atoms with Crippen molar-refractivity contribution in [3.05, 3.63) is 83.4 Å². The number of aromatic nitrogens is 3. The molecule has 220 valence electrons. The summed E-state index contributed by atoms with van der Waals surface area (Å²) in [6.45, 7) is 5.71. The molecule has 4 aromatic rings. The third kappa shape index (κ3) is 6.50. The highest BCUT2D eigenvalue weighted by Gasteiger charge is 2.46. The van der Waals surface area contributed by atoms with Gasteiger partial charge in [0.1, 0.15) is 0 Å². The highest BCUT2D eigenvalue weighted by atomic mass is 32.2. The molecule has 0 saturated carbocycles. The third-order valence-corrected chi connectivity index (χ3v) is 7.72. The minimum absolute atomic E-state index is 0.0379. The van der Waals surface area contributed by atoms with Crippen LogP contribution in [-0.4, -0.2) is 39.9 Å². The maximum absolute atomic E-state index is 13.0. The molecule has 1 aromatic heterocycles. The number of nitrogens with two attached hydrogens (primary N) is 1. The van der Waals surface area contributed by atoms with Crippen LogP contribution in [0.5, 0.6) is 0 Å². The number of halogens is 3. The first kappa shape index (κ1) is 30.4. The van der Waals surface area contributed by atoms with Gasteiger partial charge in [-0.1, -0.05) is 45.0 Å². The van der Waals surface area contributed by atoms with Gasteiger partial charge in [-0.2, -0.15) is 28.1 Å². The molecule has 1 heterocycles. The number of nitrogens with zero attached hydrogens (tertiary/aromatic N) is 3. The van der Waals surface area contributed by atoms with Crippen LogP contribution in [0.3, 0.4) is 0 Å². The molecule has 0 aliphatic carbocycles. The van der Waals surface area contributed by atoms with E-state index < -0.39 is 32.8 Å². The van der Waals surface area contributed by atoms with Gasteiger partial charge < -0.3 is 21.5 Å². The molecule has 0 fully saturated rings. The SMILES string of the molecule is CC(C)(C)c1ccc(C(=O)Nc2cccc(-c3nc(N)nc(Nc4ccc(S(=O)(=O)C(F)(F)F)cc4)n3)c2CO)cc1. The predicted molar refractivity (Wildman–Crippen MR) is 152 cm³/mol. The number of carbonyl (C=O) groups excluding carboxylic acids is 1. The number of aliphatic hydroxyl groups is 1. The van der Waals surface area contributed by atoms with Crippen LogP contribution < -0.4 is 16.4 Å². The zero-order valence-corrected chi connectivity index (χ0v) is 23.5. The van der Waals surface area contributed by atoms with Crippen molar-refractivity contribution in [3.63, 3.8) is 0 Å². The van der Waals surface area contributed by atoms with Crippen LogP contribution in [-0.2, 0) is 21.9 Å². The lowest BCUT2D eigenvalue weighted by Gasteiger charge is -2.19. The van der Waals surface area contributed by atoms with Gasteiger partial charge in [-0.3, -0.25) is 4.79 Å². The van der Waals surface area contributed by atoms with Gasteiger partial charge in [0.05, 0.1) is 11.5 Å². The summed E-state index contributed by atoms with van der Waals surface area (Å²) >= 11 is 0. The Labute approximate surface area is 239 Å². The number of sulfone groups is 1. The van der Waals surface area contributed by atoms with Crippen molar-refractivity contribution in [2.75, 3.05) is 16.4 Å². The molecule has 0 radical (unpaired) electrons. The van der Waals surface area contributed by atoms with Crippen molar-refractivity contribution in [1.82, 2.24) is 15.0 Å². The summed E-state index contributed by atoms with van der Waals surface area (Å²) in [6, 6.07) is 15.8. The largest absolute Gasteiger partial charge is 0.501 e. The molecular weight excluding hydrogens is 573 g/mol. The standard InChI is InChI=1S/C28H27F3N6O4S/c1-27(2,3)17-9-7-16(8-10-17)24(39)34-22-6-4-5-20(21(22)15-38)23-35-25(32)37-26(36-23)33-18-11-13-19(14-12-18)42(40,41)28(29,30)31/h4-14,38H,15H2,1-3H3,(H,34,39)(H3,32,33,35,36,37). The number of anilines is 4. The van der Waals surface area contributed by atoms with Crippen LogP contribution in [0.25, 0.3) is 11.4 Å². The van der Waals surface area contributed by atoms with E-state index in [0.717, 1.165) is 29.8 Å². The molecule has 0 saturated heterocycles. The molecule has 14 heteroatoms. The van der Waals surface area contributed by atoms with E-state index in [1.165, 1.54) is 0 Å². The van der Waals surface area contributed by atoms with Gasteiger partial charge in [-0.05, 0) is 53.4 Å².